The number of rotatable bonds is 5. The predicted octanol–water partition coefficient (Wildman–Crippen LogP) is 1.86. The summed E-state index contributed by atoms with van der Waals surface area (Å²) in [7, 11) is 0. The molecule has 0 bridgehead atoms. The zero-order valence-electron chi connectivity index (χ0n) is 11.3. The van der Waals surface area contributed by atoms with Crippen molar-refractivity contribution in [2.24, 2.45) is 11.7 Å². The topological polar surface area (TPSA) is 38.5 Å². The molecule has 96 valence electrons. The molecule has 3 heteroatoms. The smallest absolute Gasteiger partial charge is 0.0700 e. The third kappa shape index (κ3) is 3.44. The van der Waals surface area contributed by atoms with E-state index in [-0.39, 0.29) is 5.54 Å². The normalized spacial score (nSPS) is 27.0. The fourth-order valence-corrected chi connectivity index (χ4v) is 2.68. The second-order valence-corrected chi connectivity index (χ2v) is 5.65. The van der Waals surface area contributed by atoms with Gasteiger partial charge in [0, 0.05) is 25.2 Å². The summed E-state index contributed by atoms with van der Waals surface area (Å²) in [4.78, 5) is 2.53. The van der Waals surface area contributed by atoms with Gasteiger partial charge < -0.3 is 10.5 Å². The third-order valence-corrected chi connectivity index (χ3v) is 3.65. The summed E-state index contributed by atoms with van der Waals surface area (Å²) < 4.78 is 5.72. The summed E-state index contributed by atoms with van der Waals surface area (Å²) in [6.45, 7) is 12.7. The molecule has 1 heterocycles. The predicted molar refractivity (Wildman–Crippen MR) is 68.5 cm³/mol. The lowest BCUT2D eigenvalue weighted by Gasteiger charge is -2.45. The molecule has 0 saturated carbocycles. The molecule has 1 fully saturated rings. The van der Waals surface area contributed by atoms with Crippen LogP contribution in [0, 0.1) is 5.92 Å². The van der Waals surface area contributed by atoms with E-state index in [9.17, 15) is 0 Å². The monoisotopic (exact) mass is 228 g/mol. The van der Waals surface area contributed by atoms with E-state index in [0.29, 0.717) is 12.0 Å². The van der Waals surface area contributed by atoms with Crippen LogP contribution in [0.4, 0.5) is 0 Å². The molecule has 3 nitrogen and oxygen atoms in total. The molecule has 1 saturated heterocycles. The van der Waals surface area contributed by atoms with Crippen LogP contribution >= 0.6 is 0 Å². The van der Waals surface area contributed by atoms with Crippen LogP contribution in [-0.2, 0) is 4.74 Å². The Morgan fingerprint density at radius 3 is 2.69 bits per heavy atom. The van der Waals surface area contributed by atoms with Crippen LogP contribution in [0.1, 0.15) is 40.5 Å². The van der Waals surface area contributed by atoms with Gasteiger partial charge in [-0.15, -0.1) is 0 Å². The number of morpholine rings is 1. The molecule has 0 aliphatic carbocycles. The van der Waals surface area contributed by atoms with Crippen LogP contribution < -0.4 is 5.73 Å². The summed E-state index contributed by atoms with van der Waals surface area (Å²) in [5.74, 6) is 0.691. The molecule has 1 rings (SSSR count). The van der Waals surface area contributed by atoms with E-state index in [4.69, 9.17) is 10.5 Å². The molecular weight excluding hydrogens is 200 g/mol. The maximum absolute atomic E-state index is 5.99. The first-order chi connectivity index (χ1) is 7.51. The van der Waals surface area contributed by atoms with Crippen molar-refractivity contribution in [1.29, 1.82) is 0 Å². The highest BCUT2D eigenvalue weighted by atomic mass is 16.5. The summed E-state index contributed by atoms with van der Waals surface area (Å²) in [5, 5.41) is 0. The minimum absolute atomic E-state index is 0.144. The second-order valence-electron chi connectivity index (χ2n) is 5.65. The van der Waals surface area contributed by atoms with Crippen molar-refractivity contribution in [3.63, 3.8) is 0 Å². The minimum atomic E-state index is 0.144. The molecule has 2 atom stereocenters. The van der Waals surface area contributed by atoms with E-state index in [1.807, 2.05) is 0 Å². The Bertz CT molecular complexity index is 208. The van der Waals surface area contributed by atoms with Gasteiger partial charge in [0.15, 0.2) is 0 Å². The lowest BCUT2D eigenvalue weighted by atomic mass is 9.88. The standard InChI is InChI=1S/C13H28N2O/c1-5-12-9-15(6-7-16-12)13(4,10-14)8-11(2)3/h11-12H,5-10,14H2,1-4H3. The molecule has 0 aromatic rings. The Kier molecular flexibility index (Phi) is 5.22. The summed E-state index contributed by atoms with van der Waals surface area (Å²) in [6, 6.07) is 0. The van der Waals surface area contributed by atoms with Gasteiger partial charge in [-0.25, -0.2) is 0 Å². The summed E-state index contributed by atoms with van der Waals surface area (Å²) in [6.07, 6.45) is 2.66. The van der Waals surface area contributed by atoms with Crippen molar-refractivity contribution in [2.75, 3.05) is 26.2 Å². The fourth-order valence-electron chi connectivity index (χ4n) is 2.68. The molecule has 0 radical (unpaired) electrons. The van der Waals surface area contributed by atoms with E-state index < -0.39 is 0 Å². The van der Waals surface area contributed by atoms with Gasteiger partial charge in [-0.3, -0.25) is 4.90 Å². The number of nitrogens with zero attached hydrogens (tertiary/aromatic N) is 1. The van der Waals surface area contributed by atoms with Crippen LogP contribution in [0.2, 0.25) is 0 Å². The lowest BCUT2D eigenvalue weighted by molar-refractivity contribution is -0.0691. The first kappa shape index (κ1) is 13.9. The van der Waals surface area contributed by atoms with E-state index in [1.165, 1.54) is 6.42 Å². The van der Waals surface area contributed by atoms with Crippen molar-refractivity contribution in [2.45, 2.75) is 52.2 Å². The van der Waals surface area contributed by atoms with Crippen molar-refractivity contribution in [3.8, 4) is 0 Å². The zero-order valence-corrected chi connectivity index (χ0v) is 11.3. The first-order valence-corrected chi connectivity index (χ1v) is 6.58. The molecule has 2 unspecified atom stereocenters. The van der Waals surface area contributed by atoms with E-state index in [0.717, 1.165) is 32.7 Å². The van der Waals surface area contributed by atoms with Crippen molar-refractivity contribution < 1.29 is 4.74 Å². The van der Waals surface area contributed by atoms with Gasteiger partial charge in [0.25, 0.3) is 0 Å². The van der Waals surface area contributed by atoms with Crippen LogP contribution in [0.3, 0.4) is 0 Å². The van der Waals surface area contributed by atoms with Crippen LogP contribution in [0.15, 0.2) is 0 Å². The van der Waals surface area contributed by atoms with Crippen molar-refractivity contribution in [3.05, 3.63) is 0 Å². The maximum Gasteiger partial charge on any atom is 0.0700 e. The Balaban J connectivity index is 2.63. The fraction of sp³-hybridized carbons (Fsp3) is 1.00. The summed E-state index contributed by atoms with van der Waals surface area (Å²) >= 11 is 0. The van der Waals surface area contributed by atoms with E-state index in [1.54, 1.807) is 0 Å². The lowest BCUT2D eigenvalue weighted by Crippen LogP contribution is -2.58. The first-order valence-electron chi connectivity index (χ1n) is 6.58. The van der Waals surface area contributed by atoms with E-state index >= 15 is 0 Å². The Morgan fingerprint density at radius 1 is 1.50 bits per heavy atom. The van der Waals surface area contributed by atoms with Crippen LogP contribution in [0.5, 0.6) is 0 Å². The second kappa shape index (κ2) is 5.99. The SMILES string of the molecule is CCC1CN(C(C)(CN)CC(C)C)CCO1. The summed E-state index contributed by atoms with van der Waals surface area (Å²) in [5.41, 5.74) is 6.13. The van der Waals surface area contributed by atoms with Crippen molar-refractivity contribution >= 4 is 0 Å². The number of ether oxygens (including phenoxy) is 1. The Morgan fingerprint density at radius 2 is 2.19 bits per heavy atom. The third-order valence-electron chi connectivity index (χ3n) is 3.65. The molecule has 0 aromatic carbocycles. The molecule has 0 aromatic heterocycles. The maximum atomic E-state index is 5.99. The highest BCUT2D eigenvalue weighted by Gasteiger charge is 2.34. The molecule has 0 amide bonds. The van der Waals surface area contributed by atoms with E-state index in [2.05, 4.69) is 32.6 Å². The molecule has 1 aliphatic rings. The highest BCUT2D eigenvalue weighted by molar-refractivity contribution is 4.90. The number of nitrogens with two attached hydrogens (primary N) is 1. The van der Waals surface area contributed by atoms with Gasteiger partial charge in [-0.2, -0.15) is 0 Å². The van der Waals surface area contributed by atoms with Gasteiger partial charge in [0.05, 0.1) is 12.7 Å². The van der Waals surface area contributed by atoms with Gasteiger partial charge in [0.1, 0.15) is 0 Å². The zero-order chi connectivity index (χ0) is 12.2. The van der Waals surface area contributed by atoms with Crippen LogP contribution in [-0.4, -0.2) is 42.8 Å². The molecule has 2 N–H and O–H groups in total. The molecular formula is C13H28N2O. The average molecular weight is 228 g/mol. The van der Waals surface area contributed by atoms with Gasteiger partial charge in [-0.1, -0.05) is 20.8 Å². The number of hydrogen-bond acceptors (Lipinski definition) is 3. The average Bonchev–Trinajstić information content (AvgIpc) is 2.28. The van der Waals surface area contributed by atoms with Gasteiger partial charge in [0.2, 0.25) is 0 Å². The molecule has 0 spiro atoms. The van der Waals surface area contributed by atoms with Crippen LogP contribution in [0.25, 0.3) is 0 Å². The Labute approximate surface area is 100 Å². The molecule has 16 heavy (non-hydrogen) atoms. The largest absolute Gasteiger partial charge is 0.376 e. The minimum Gasteiger partial charge on any atom is -0.376 e. The molecule has 1 aliphatic heterocycles. The van der Waals surface area contributed by atoms with Gasteiger partial charge >= 0.3 is 0 Å². The quantitative estimate of drug-likeness (QED) is 0.780. The number of hydrogen-bond donors (Lipinski definition) is 1. The van der Waals surface area contributed by atoms with Gasteiger partial charge in [-0.05, 0) is 25.7 Å². The highest BCUT2D eigenvalue weighted by Crippen LogP contribution is 2.25. The Hall–Kier alpha value is -0.120. The van der Waals surface area contributed by atoms with Crippen molar-refractivity contribution in [1.82, 2.24) is 4.90 Å².